The molecule has 0 saturated heterocycles. The summed E-state index contributed by atoms with van der Waals surface area (Å²) in [6.07, 6.45) is 16.4. The van der Waals surface area contributed by atoms with Crippen molar-refractivity contribution in [2.45, 2.75) is 111 Å². The lowest BCUT2D eigenvalue weighted by Gasteiger charge is -2.58. The van der Waals surface area contributed by atoms with Crippen molar-refractivity contribution in [3.63, 3.8) is 0 Å². The summed E-state index contributed by atoms with van der Waals surface area (Å²) >= 11 is 0. The van der Waals surface area contributed by atoms with E-state index in [1.54, 1.807) is 5.57 Å². The molecule has 0 aromatic carbocycles. The van der Waals surface area contributed by atoms with Crippen molar-refractivity contribution in [1.82, 2.24) is 5.32 Å². The molecule has 0 bridgehead atoms. The number of amides is 1. The molecule has 3 saturated carbocycles. The van der Waals surface area contributed by atoms with Crippen LogP contribution in [-0.2, 0) is 9.47 Å². The van der Waals surface area contributed by atoms with Gasteiger partial charge >= 0.3 is 6.09 Å². The van der Waals surface area contributed by atoms with Gasteiger partial charge in [-0.1, -0.05) is 65.5 Å². The summed E-state index contributed by atoms with van der Waals surface area (Å²) in [7, 11) is 0. The monoisotopic (exact) mass is 516 g/mol. The lowest BCUT2D eigenvalue weighted by molar-refractivity contribution is -0.0581. The van der Waals surface area contributed by atoms with Gasteiger partial charge in [-0.2, -0.15) is 0 Å². The van der Waals surface area contributed by atoms with Crippen molar-refractivity contribution in [3.8, 4) is 0 Å². The first kappa shape index (κ1) is 28.9. The van der Waals surface area contributed by atoms with Crippen LogP contribution < -0.4 is 11.1 Å². The zero-order chi connectivity index (χ0) is 26.6. The molecule has 4 aliphatic rings. The molecule has 37 heavy (non-hydrogen) atoms. The van der Waals surface area contributed by atoms with Gasteiger partial charge in [0, 0.05) is 19.5 Å². The maximum absolute atomic E-state index is 12.3. The van der Waals surface area contributed by atoms with E-state index >= 15 is 0 Å². The first-order chi connectivity index (χ1) is 17.7. The van der Waals surface area contributed by atoms with Crippen molar-refractivity contribution in [2.75, 3.05) is 26.3 Å². The third-order valence-electron chi connectivity index (χ3n) is 11.3. The number of fused-ring (bicyclic) bond motifs is 5. The van der Waals surface area contributed by atoms with Crippen molar-refractivity contribution < 1.29 is 14.3 Å². The smallest absolute Gasteiger partial charge is 0.407 e. The SMILES string of the molecule is CC(C)CCC[C@@H](C)[C@H]1CC[C@H]2[C@@H]3CC=C4C[C@@H](OC(=O)NCCOCCN)CC[C@]4(C)[C@H]3CC[C@]12C. The van der Waals surface area contributed by atoms with E-state index in [9.17, 15) is 4.79 Å². The van der Waals surface area contributed by atoms with Gasteiger partial charge in [0.05, 0.1) is 13.2 Å². The molecule has 5 nitrogen and oxygen atoms in total. The Morgan fingerprint density at radius 3 is 2.65 bits per heavy atom. The fourth-order valence-electron chi connectivity index (χ4n) is 9.36. The molecule has 8 atom stereocenters. The predicted octanol–water partition coefficient (Wildman–Crippen LogP) is 7.10. The number of ether oxygens (including phenoxy) is 2. The number of nitrogens with one attached hydrogen (secondary N) is 1. The number of nitrogens with two attached hydrogens (primary N) is 1. The Balaban J connectivity index is 1.34. The molecular weight excluding hydrogens is 460 g/mol. The highest BCUT2D eigenvalue weighted by Crippen LogP contribution is 2.67. The summed E-state index contributed by atoms with van der Waals surface area (Å²) in [5.41, 5.74) is 7.83. The second kappa shape index (κ2) is 12.4. The zero-order valence-corrected chi connectivity index (χ0v) is 24.5. The molecule has 0 aliphatic heterocycles. The van der Waals surface area contributed by atoms with E-state index in [1.807, 2.05) is 0 Å². The average molecular weight is 517 g/mol. The molecule has 212 valence electrons. The maximum atomic E-state index is 12.3. The molecule has 0 unspecified atom stereocenters. The van der Waals surface area contributed by atoms with Gasteiger partial charge in [0.2, 0.25) is 0 Å². The number of hydrogen-bond acceptors (Lipinski definition) is 4. The quantitative estimate of drug-likeness (QED) is 0.227. The van der Waals surface area contributed by atoms with Gasteiger partial charge in [0.15, 0.2) is 0 Å². The van der Waals surface area contributed by atoms with Gasteiger partial charge in [0.25, 0.3) is 0 Å². The fourth-order valence-corrected chi connectivity index (χ4v) is 9.36. The minimum absolute atomic E-state index is 0.00255. The van der Waals surface area contributed by atoms with Crippen molar-refractivity contribution in [1.29, 1.82) is 0 Å². The Morgan fingerprint density at radius 1 is 1.08 bits per heavy atom. The number of hydrogen-bond donors (Lipinski definition) is 2. The first-order valence-corrected chi connectivity index (χ1v) is 15.6. The largest absolute Gasteiger partial charge is 0.446 e. The molecule has 0 spiro atoms. The summed E-state index contributed by atoms with van der Waals surface area (Å²) < 4.78 is 11.2. The Bertz CT molecular complexity index is 797. The predicted molar refractivity (Wildman–Crippen MR) is 151 cm³/mol. The fraction of sp³-hybridized carbons (Fsp3) is 0.906. The van der Waals surface area contributed by atoms with Gasteiger partial charge in [-0.05, 0) is 91.3 Å². The average Bonchev–Trinajstić information content (AvgIpc) is 3.21. The number of carbonyl (C=O) groups excluding carboxylic acids is 1. The highest BCUT2D eigenvalue weighted by atomic mass is 16.6. The van der Waals surface area contributed by atoms with Crippen LogP contribution in [0, 0.1) is 46.3 Å². The van der Waals surface area contributed by atoms with Crippen LogP contribution >= 0.6 is 0 Å². The highest BCUT2D eigenvalue weighted by molar-refractivity contribution is 5.67. The number of rotatable bonds is 11. The Labute approximate surface area is 227 Å². The first-order valence-electron chi connectivity index (χ1n) is 15.6. The van der Waals surface area contributed by atoms with Gasteiger partial charge in [0.1, 0.15) is 6.10 Å². The zero-order valence-electron chi connectivity index (χ0n) is 24.5. The molecule has 1 amide bonds. The van der Waals surface area contributed by atoms with E-state index in [4.69, 9.17) is 15.2 Å². The van der Waals surface area contributed by atoms with E-state index in [-0.39, 0.29) is 17.6 Å². The Morgan fingerprint density at radius 2 is 1.89 bits per heavy atom. The van der Waals surface area contributed by atoms with Gasteiger partial charge in [-0.15, -0.1) is 0 Å². The van der Waals surface area contributed by atoms with Gasteiger partial charge < -0.3 is 20.5 Å². The molecule has 4 rings (SSSR count). The highest BCUT2D eigenvalue weighted by Gasteiger charge is 2.59. The molecule has 3 N–H and O–H groups in total. The molecule has 3 fully saturated rings. The molecule has 0 aromatic rings. The topological polar surface area (TPSA) is 73.6 Å². The lowest BCUT2D eigenvalue weighted by Crippen LogP contribution is -2.51. The number of alkyl carbamates (subject to hydrolysis) is 1. The van der Waals surface area contributed by atoms with E-state index in [1.165, 1.54) is 51.4 Å². The summed E-state index contributed by atoms with van der Waals surface area (Å²) in [6, 6.07) is 0. The van der Waals surface area contributed by atoms with Crippen LogP contribution in [0.5, 0.6) is 0 Å². The van der Waals surface area contributed by atoms with E-state index < -0.39 is 0 Å². The van der Waals surface area contributed by atoms with Gasteiger partial charge in [-0.25, -0.2) is 4.79 Å². The summed E-state index contributed by atoms with van der Waals surface area (Å²) in [4.78, 5) is 12.3. The van der Waals surface area contributed by atoms with Crippen LogP contribution in [0.25, 0.3) is 0 Å². The second-order valence-corrected chi connectivity index (χ2v) is 13.9. The summed E-state index contributed by atoms with van der Waals surface area (Å²) in [6.45, 7) is 14.5. The van der Waals surface area contributed by atoms with Crippen molar-refractivity contribution in [2.24, 2.45) is 52.1 Å². The Hall–Kier alpha value is -1.07. The second-order valence-electron chi connectivity index (χ2n) is 13.9. The van der Waals surface area contributed by atoms with Crippen LogP contribution in [0.2, 0.25) is 0 Å². The third kappa shape index (κ3) is 6.24. The minimum Gasteiger partial charge on any atom is -0.446 e. The van der Waals surface area contributed by atoms with Crippen LogP contribution in [0.3, 0.4) is 0 Å². The van der Waals surface area contributed by atoms with Crippen LogP contribution in [0.4, 0.5) is 4.79 Å². The van der Waals surface area contributed by atoms with Crippen molar-refractivity contribution in [3.05, 3.63) is 11.6 Å². The lowest BCUT2D eigenvalue weighted by atomic mass is 9.47. The van der Waals surface area contributed by atoms with E-state index in [0.717, 1.165) is 54.8 Å². The van der Waals surface area contributed by atoms with Gasteiger partial charge in [-0.3, -0.25) is 0 Å². The standard InChI is InChI=1S/C32H56N2O3/c1-22(2)7-6-8-23(3)27-11-12-28-26-10-9-24-21-25(37-30(35)34-18-20-36-19-17-33)13-15-31(24,4)29(26)14-16-32(27,28)5/h9,22-23,25-29H,6-8,10-21,33H2,1-5H3,(H,34,35)/t23-,25+,26+,27-,28+,29+,31+,32-/m1/s1. The molecule has 0 heterocycles. The van der Waals surface area contributed by atoms with Crippen LogP contribution in [-0.4, -0.2) is 38.5 Å². The minimum atomic E-state index is -0.313. The molecule has 0 radical (unpaired) electrons. The van der Waals surface area contributed by atoms with Crippen LogP contribution in [0.1, 0.15) is 105 Å². The normalized spacial score (nSPS) is 37.8. The summed E-state index contributed by atoms with van der Waals surface area (Å²) in [5, 5.41) is 2.83. The number of carbonyl (C=O) groups is 1. The third-order valence-corrected chi connectivity index (χ3v) is 11.3. The molecule has 4 aliphatic carbocycles. The van der Waals surface area contributed by atoms with E-state index in [2.05, 4.69) is 46.0 Å². The van der Waals surface area contributed by atoms with E-state index in [0.29, 0.717) is 31.7 Å². The molecule has 0 aromatic heterocycles. The summed E-state index contributed by atoms with van der Waals surface area (Å²) in [5.74, 6) is 5.13. The van der Waals surface area contributed by atoms with Crippen molar-refractivity contribution >= 4 is 6.09 Å². The van der Waals surface area contributed by atoms with Crippen LogP contribution in [0.15, 0.2) is 11.6 Å². The molecular formula is C32H56N2O3. The number of allylic oxidation sites excluding steroid dienone is 1. The maximum Gasteiger partial charge on any atom is 0.407 e. The molecule has 5 heteroatoms. The Kier molecular flexibility index (Phi) is 9.70.